The van der Waals surface area contributed by atoms with Gasteiger partial charge in [-0.1, -0.05) is 47.1 Å². The van der Waals surface area contributed by atoms with E-state index in [0.29, 0.717) is 61.9 Å². The van der Waals surface area contributed by atoms with Crippen molar-refractivity contribution in [1.29, 1.82) is 0 Å². The Balaban J connectivity index is 1.31. The van der Waals surface area contributed by atoms with Gasteiger partial charge in [0.15, 0.2) is 0 Å². The average molecular weight is 618 g/mol. The molecule has 4 rings (SSSR count). The van der Waals surface area contributed by atoms with Crippen molar-refractivity contribution in [3.05, 3.63) is 69.7 Å². The van der Waals surface area contributed by atoms with E-state index in [1.165, 1.54) is 23.9 Å². The van der Waals surface area contributed by atoms with E-state index in [1.807, 2.05) is 24.3 Å². The number of carboxylic acid groups (broad SMARTS) is 2. The van der Waals surface area contributed by atoms with Crippen molar-refractivity contribution in [3.8, 4) is 0 Å². The summed E-state index contributed by atoms with van der Waals surface area (Å²) in [5.74, 6) is -2.72. The Morgan fingerprint density at radius 1 is 0.683 bits per heavy atom. The first-order chi connectivity index (χ1) is 19.6. The Hall–Kier alpha value is -3.27. The highest BCUT2D eigenvalue weighted by atomic mass is 35.5. The van der Waals surface area contributed by atoms with Crippen LogP contribution in [-0.2, 0) is 19.2 Å². The maximum absolute atomic E-state index is 12.5. The van der Waals surface area contributed by atoms with Gasteiger partial charge in [0.25, 0.3) is 0 Å². The summed E-state index contributed by atoms with van der Waals surface area (Å²) < 4.78 is 0. The van der Waals surface area contributed by atoms with Crippen molar-refractivity contribution in [2.45, 2.75) is 35.5 Å². The van der Waals surface area contributed by atoms with Crippen LogP contribution in [-0.4, -0.2) is 69.9 Å². The van der Waals surface area contributed by atoms with Crippen LogP contribution < -0.4 is 0 Å². The van der Waals surface area contributed by atoms with Crippen LogP contribution in [0.25, 0.3) is 12.2 Å². The molecule has 0 aliphatic carbocycles. The Labute approximate surface area is 252 Å². The predicted molar refractivity (Wildman–Crippen MR) is 159 cm³/mol. The molecule has 2 aromatic rings. The SMILES string of the molecule is O=C(O)C1CCN(C(=O)/C=C/c2ccc(Sc3ccc(/C=C/C(=O)N4CCC(C(=O)O)CC4)cc3Cl)c(Cl)c2)CC1. The fourth-order valence-corrected chi connectivity index (χ4v) is 6.20. The molecular weight excluding hydrogens is 587 g/mol. The smallest absolute Gasteiger partial charge is 0.306 e. The number of carbonyl (C=O) groups excluding carboxylic acids is 2. The number of amides is 2. The molecule has 8 nitrogen and oxygen atoms in total. The zero-order valence-corrected chi connectivity index (χ0v) is 24.5. The minimum atomic E-state index is -0.811. The Bertz CT molecular complexity index is 1280. The van der Waals surface area contributed by atoms with Crippen LogP contribution >= 0.6 is 35.0 Å². The summed E-state index contributed by atoms with van der Waals surface area (Å²) in [7, 11) is 0. The van der Waals surface area contributed by atoms with Gasteiger partial charge in [-0.25, -0.2) is 0 Å². The molecular formula is C30H30Cl2N2O6S. The number of aliphatic carboxylic acids is 2. The van der Waals surface area contributed by atoms with Gasteiger partial charge in [0.2, 0.25) is 11.8 Å². The third-order valence-electron chi connectivity index (χ3n) is 7.28. The van der Waals surface area contributed by atoms with E-state index >= 15 is 0 Å². The lowest BCUT2D eigenvalue weighted by molar-refractivity contribution is -0.145. The highest BCUT2D eigenvalue weighted by molar-refractivity contribution is 7.99. The molecule has 2 N–H and O–H groups in total. The summed E-state index contributed by atoms with van der Waals surface area (Å²) in [5, 5.41) is 19.2. The molecule has 2 aromatic carbocycles. The number of piperidine rings is 2. The van der Waals surface area contributed by atoms with E-state index in [2.05, 4.69) is 0 Å². The fourth-order valence-electron chi connectivity index (χ4n) is 4.77. The van der Waals surface area contributed by atoms with Crippen molar-refractivity contribution in [2.75, 3.05) is 26.2 Å². The molecule has 0 saturated carbocycles. The van der Waals surface area contributed by atoms with Crippen molar-refractivity contribution < 1.29 is 29.4 Å². The first-order valence-electron chi connectivity index (χ1n) is 13.3. The topological polar surface area (TPSA) is 115 Å². The highest BCUT2D eigenvalue weighted by Crippen LogP contribution is 2.38. The zero-order chi connectivity index (χ0) is 29.5. The van der Waals surface area contributed by atoms with E-state index in [1.54, 1.807) is 34.1 Å². The van der Waals surface area contributed by atoms with Crippen molar-refractivity contribution >= 4 is 70.9 Å². The second-order valence-electron chi connectivity index (χ2n) is 10.0. The molecule has 2 aliphatic rings. The summed E-state index contributed by atoms with van der Waals surface area (Å²) in [6.07, 6.45) is 8.17. The summed E-state index contributed by atoms with van der Waals surface area (Å²) in [4.78, 5) is 52.1. The Kier molecular flexibility index (Phi) is 10.5. The number of carboxylic acids is 2. The molecule has 2 heterocycles. The first-order valence-corrected chi connectivity index (χ1v) is 14.8. The minimum Gasteiger partial charge on any atom is -0.481 e. The second kappa shape index (κ2) is 14.1. The molecule has 2 saturated heterocycles. The van der Waals surface area contributed by atoms with Crippen LogP contribution in [0.15, 0.2) is 58.3 Å². The molecule has 2 aliphatic heterocycles. The van der Waals surface area contributed by atoms with E-state index < -0.39 is 23.8 Å². The quantitative estimate of drug-likeness (QED) is 0.359. The van der Waals surface area contributed by atoms with Gasteiger partial charge < -0.3 is 20.0 Å². The molecule has 2 amide bonds. The largest absolute Gasteiger partial charge is 0.481 e. The number of rotatable bonds is 8. The summed E-state index contributed by atoms with van der Waals surface area (Å²) in [5.41, 5.74) is 1.52. The van der Waals surface area contributed by atoms with Crippen LogP contribution in [0.3, 0.4) is 0 Å². The van der Waals surface area contributed by atoms with E-state index in [-0.39, 0.29) is 11.8 Å². The van der Waals surface area contributed by atoms with Gasteiger partial charge in [0.1, 0.15) is 0 Å². The maximum Gasteiger partial charge on any atom is 0.306 e. The molecule has 0 unspecified atom stereocenters. The van der Waals surface area contributed by atoms with Crippen LogP contribution in [0.2, 0.25) is 10.0 Å². The molecule has 11 heteroatoms. The van der Waals surface area contributed by atoms with Gasteiger partial charge in [-0.2, -0.15) is 0 Å². The van der Waals surface area contributed by atoms with E-state index in [4.69, 9.17) is 33.4 Å². The Morgan fingerprint density at radius 2 is 1.05 bits per heavy atom. The minimum absolute atomic E-state index is 0.159. The molecule has 0 radical (unpaired) electrons. The summed E-state index contributed by atoms with van der Waals surface area (Å²) in [6, 6.07) is 10.9. The number of likely N-dealkylation sites (tertiary alicyclic amines) is 2. The lowest BCUT2D eigenvalue weighted by Gasteiger charge is -2.29. The molecule has 0 aromatic heterocycles. The maximum atomic E-state index is 12.5. The fraction of sp³-hybridized carbons (Fsp3) is 0.333. The Morgan fingerprint density at radius 3 is 1.37 bits per heavy atom. The number of carbonyl (C=O) groups is 4. The van der Waals surface area contributed by atoms with Gasteiger partial charge >= 0.3 is 11.9 Å². The predicted octanol–water partition coefficient (Wildman–Crippen LogP) is 5.82. The number of hydrogen-bond donors (Lipinski definition) is 2. The molecule has 2 fully saturated rings. The van der Waals surface area contributed by atoms with Gasteiger partial charge in [0, 0.05) is 48.1 Å². The van der Waals surface area contributed by atoms with Gasteiger partial charge in [-0.15, -0.1) is 0 Å². The van der Waals surface area contributed by atoms with Crippen LogP contribution in [0.1, 0.15) is 36.8 Å². The lowest BCUT2D eigenvalue weighted by Crippen LogP contribution is -2.39. The molecule has 0 spiro atoms. The number of nitrogens with zero attached hydrogens (tertiary/aromatic N) is 2. The molecule has 216 valence electrons. The number of halogens is 2. The lowest BCUT2D eigenvalue weighted by atomic mass is 9.97. The van der Waals surface area contributed by atoms with Crippen LogP contribution in [0.5, 0.6) is 0 Å². The zero-order valence-electron chi connectivity index (χ0n) is 22.2. The first kappa shape index (κ1) is 30.7. The van der Waals surface area contributed by atoms with Gasteiger partial charge in [-0.3, -0.25) is 19.2 Å². The molecule has 0 atom stereocenters. The van der Waals surface area contributed by atoms with Crippen LogP contribution in [0.4, 0.5) is 0 Å². The number of benzene rings is 2. The molecule has 0 bridgehead atoms. The standard InChI is InChI=1S/C30H30Cl2N2O6S/c31-23-17-19(3-7-27(35)33-13-9-21(10-14-33)29(37)38)1-5-25(23)41-26-6-2-20(18-24(26)32)4-8-28(36)34-15-11-22(12-16-34)30(39)40/h1-8,17-18,21-22H,9-16H2,(H,37,38)(H,39,40)/b7-3+,8-4+. The third-order valence-corrected chi connectivity index (χ3v) is 9.28. The summed E-state index contributed by atoms with van der Waals surface area (Å²) in [6.45, 7) is 1.70. The van der Waals surface area contributed by atoms with Crippen molar-refractivity contribution in [1.82, 2.24) is 9.80 Å². The van der Waals surface area contributed by atoms with Crippen molar-refractivity contribution in [3.63, 3.8) is 0 Å². The van der Waals surface area contributed by atoms with E-state index in [0.717, 1.165) is 20.9 Å². The average Bonchev–Trinajstić information content (AvgIpc) is 2.97. The highest BCUT2D eigenvalue weighted by Gasteiger charge is 2.27. The normalized spacial score (nSPS) is 16.9. The van der Waals surface area contributed by atoms with Crippen LogP contribution in [0, 0.1) is 11.8 Å². The number of hydrogen-bond acceptors (Lipinski definition) is 5. The second-order valence-corrected chi connectivity index (χ2v) is 11.9. The van der Waals surface area contributed by atoms with Gasteiger partial charge in [-0.05, 0) is 73.2 Å². The molecule has 41 heavy (non-hydrogen) atoms. The van der Waals surface area contributed by atoms with Gasteiger partial charge in [0.05, 0.1) is 21.9 Å². The monoisotopic (exact) mass is 616 g/mol. The van der Waals surface area contributed by atoms with E-state index in [9.17, 15) is 19.2 Å². The van der Waals surface area contributed by atoms with Crippen molar-refractivity contribution in [2.24, 2.45) is 11.8 Å². The summed E-state index contributed by atoms with van der Waals surface area (Å²) >= 11 is 14.4. The third kappa shape index (κ3) is 8.38.